The van der Waals surface area contributed by atoms with Crippen LogP contribution in [0.2, 0.25) is 0 Å². The van der Waals surface area contributed by atoms with Gasteiger partial charge in [0.25, 0.3) is 11.8 Å². The Labute approximate surface area is 273 Å². The molecule has 3 N–H and O–H groups in total. The van der Waals surface area contributed by atoms with Crippen molar-refractivity contribution < 1.29 is 50.2 Å². The van der Waals surface area contributed by atoms with Crippen LogP contribution < -0.4 is 21.1 Å². The van der Waals surface area contributed by atoms with E-state index in [1.807, 2.05) is 0 Å². The molecule has 48 heavy (non-hydrogen) atoms. The van der Waals surface area contributed by atoms with Crippen LogP contribution in [0.3, 0.4) is 0 Å². The molecule has 2 heterocycles. The van der Waals surface area contributed by atoms with Crippen LogP contribution in [0.5, 0.6) is 0 Å². The molecule has 2 unspecified atom stereocenters. The molecule has 262 valence electrons. The summed E-state index contributed by atoms with van der Waals surface area (Å²) >= 11 is 0. The second kappa shape index (κ2) is 15.1. The Kier molecular flexibility index (Phi) is 11.9. The van der Waals surface area contributed by atoms with Gasteiger partial charge in [-0.3, -0.25) is 25.8 Å². The summed E-state index contributed by atoms with van der Waals surface area (Å²) in [4.78, 5) is 44.5. The van der Waals surface area contributed by atoms with E-state index in [-0.39, 0.29) is 13.0 Å². The number of hydrogen-bond acceptors (Lipinski definition) is 7. The third-order valence-corrected chi connectivity index (χ3v) is 7.14. The summed E-state index contributed by atoms with van der Waals surface area (Å²) < 4.78 is 97.0. The molecule has 0 aliphatic carbocycles. The minimum atomic E-state index is -5.29. The van der Waals surface area contributed by atoms with E-state index in [4.69, 9.17) is 9.47 Å². The summed E-state index contributed by atoms with van der Waals surface area (Å²) in [7, 11) is 0. The zero-order chi connectivity index (χ0) is 35.9. The number of nitrogens with zero attached hydrogens (tertiary/aromatic N) is 2. The minimum Gasteiger partial charge on any atom is -0.444 e. The number of rotatable bonds is 11. The summed E-state index contributed by atoms with van der Waals surface area (Å²) in [6.45, 7) is 11.0. The standard InChI is InChI=1S/C32H37F6N5O5/c1-6-8-16-30(32(36,37)38,47-19-20-13-10-9-11-14-20)27(45)42-41-26(44)24-23(39-28(46)48-29(3,4)5)18-22(31(33,34)35)25(40-24)43-17-12-15-21(43)7-2/h6-7,9-11,13-14,18,21H,1-2,8,12,15-17,19H2,3-5H3,(H,39,46)(H,41,44)(H,42,45). The third kappa shape index (κ3) is 9.27. The predicted molar refractivity (Wildman–Crippen MR) is 165 cm³/mol. The fourth-order valence-corrected chi connectivity index (χ4v) is 4.88. The maximum absolute atomic E-state index is 14.6. The summed E-state index contributed by atoms with van der Waals surface area (Å²) in [6.07, 6.45) is -9.32. The number of hydrogen-bond donors (Lipinski definition) is 3. The van der Waals surface area contributed by atoms with Crippen molar-refractivity contribution in [2.75, 3.05) is 16.8 Å². The smallest absolute Gasteiger partial charge is 0.426 e. The Morgan fingerprint density at radius 2 is 1.71 bits per heavy atom. The highest BCUT2D eigenvalue weighted by atomic mass is 19.4. The summed E-state index contributed by atoms with van der Waals surface area (Å²) in [5.41, 5.74) is -3.71. The highest BCUT2D eigenvalue weighted by molar-refractivity contribution is 6.02. The van der Waals surface area contributed by atoms with Crippen LogP contribution in [0.1, 0.15) is 68.1 Å². The molecule has 1 aromatic heterocycles. The van der Waals surface area contributed by atoms with Gasteiger partial charge in [-0.25, -0.2) is 9.78 Å². The molecule has 2 aromatic rings. The number of amides is 3. The van der Waals surface area contributed by atoms with Gasteiger partial charge >= 0.3 is 18.4 Å². The molecule has 1 fully saturated rings. The van der Waals surface area contributed by atoms with Gasteiger partial charge in [0.2, 0.25) is 5.60 Å². The van der Waals surface area contributed by atoms with Crippen molar-refractivity contribution >= 4 is 29.4 Å². The van der Waals surface area contributed by atoms with Gasteiger partial charge in [-0.1, -0.05) is 42.5 Å². The fraction of sp³-hybridized carbons (Fsp3) is 0.438. The highest BCUT2D eigenvalue weighted by Gasteiger charge is 2.61. The second-order valence-corrected chi connectivity index (χ2v) is 11.9. The number of halogens is 6. The third-order valence-electron chi connectivity index (χ3n) is 7.14. The molecular weight excluding hydrogens is 648 g/mol. The van der Waals surface area contributed by atoms with Gasteiger partial charge < -0.3 is 14.4 Å². The van der Waals surface area contributed by atoms with E-state index in [1.54, 1.807) is 29.1 Å². The first-order valence-corrected chi connectivity index (χ1v) is 14.8. The highest BCUT2D eigenvalue weighted by Crippen LogP contribution is 2.41. The molecule has 1 aliphatic rings. The van der Waals surface area contributed by atoms with E-state index in [0.717, 1.165) is 6.08 Å². The lowest BCUT2D eigenvalue weighted by Gasteiger charge is -2.34. The first kappa shape index (κ1) is 37.9. The van der Waals surface area contributed by atoms with Gasteiger partial charge in [0, 0.05) is 12.6 Å². The van der Waals surface area contributed by atoms with Crippen LogP contribution in [0, 0.1) is 0 Å². The summed E-state index contributed by atoms with van der Waals surface area (Å²) in [6, 6.07) is 7.61. The average Bonchev–Trinajstić information content (AvgIpc) is 3.47. The Morgan fingerprint density at radius 3 is 2.27 bits per heavy atom. The van der Waals surface area contributed by atoms with E-state index in [2.05, 4.69) is 23.5 Å². The lowest BCUT2D eigenvalue weighted by molar-refractivity contribution is -0.273. The van der Waals surface area contributed by atoms with Crippen molar-refractivity contribution in [2.24, 2.45) is 0 Å². The van der Waals surface area contributed by atoms with E-state index in [0.29, 0.717) is 24.5 Å². The topological polar surface area (TPSA) is 122 Å². The van der Waals surface area contributed by atoms with Crippen LogP contribution >= 0.6 is 0 Å². The number of hydrazine groups is 1. The van der Waals surface area contributed by atoms with Gasteiger partial charge in [-0.2, -0.15) is 26.3 Å². The Bertz CT molecular complexity index is 1490. The van der Waals surface area contributed by atoms with Crippen LogP contribution in [0.4, 0.5) is 42.6 Å². The Morgan fingerprint density at radius 1 is 1.04 bits per heavy atom. The maximum atomic E-state index is 14.6. The van der Waals surface area contributed by atoms with E-state index >= 15 is 0 Å². The lowest BCUT2D eigenvalue weighted by Crippen LogP contribution is -2.61. The number of anilines is 2. The van der Waals surface area contributed by atoms with Crippen LogP contribution in [-0.2, 0) is 27.1 Å². The van der Waals surface area contributed by atoms with Gasteiger partial charge in [-0.05, 0) is 58.1 Å². The average molecular weight is 686 g/mol. The molecule has 0 bridgehead atoms. The van der Waals surface area contributed by atoms with Gasteiger partial charge in [0.15, 0.2) is 5.69 Å². The summed E-state index contributed by atoms with van der Waals surface area (Å²) in [5, 5.41) is 2.06. The molecule has 1 aromatic carbocycles. The van der Waals surface area contributed by atoms with Gasteiger partial charge in [0.1, 0.15) is 17.0 Å². The van der Waals surface area contributed by atoms with E-state index in [1.165, 1.54) is 43.9 Å². The van der Waals surface area contributed by atoms with Gasteiger partial charge in [-0.15, -0.1) is 13.2 Å². The number of carbonyl (C=O) groups is 3. The first-order chi connectivity index (χ1) is 22.3. The number of pyridine rings is 1. The van der Waals surface area contributed by atoms with Crippen molar-refractivity contribution in [3.8, 4) is 0 Å². The van der Waals surface area contributed by atoms with Crippen molar-refractivity contribution in [1.29, 1.82) is 0 Å². The lowest BCUT2D eigenvalue weighted by atomic mass is 9.95. The van der Waals surface area contributed by atoms with Crippen LogP contribution in [0.15, 0.2) is 61.7 Å². The molecule has 3 amide bonds. The van der Waals surface area contributed by atoms with Crippen LogP contribution in [-0.4, -0.2) is 52.9 Å². The fourth-order valence-electron chi connectivity index (χ4n) is 4.88. The minimum absolute atomic E-state index is 0.111. The SMILES string of the molecule is C=CCCC(OCc1ccccc1)(C(=O)NNC(=O)c1nc(N2CCCC2C=C)c(C(F)(F)F)cc1NC(=O)OC(C)(C)C)C(F)(F)F. The number of allylic oxidation sites excluding steroid dienone is 1. The number of benzene rings is 1. The monoisotopic (exact) mass is 685 g/mol. The molecule has 2 atom stereocenters. The molecule has 10 nitrogen and oxygen atoms in total. The summed E-state index contributed by atoms with van der Waals surface area (Å²) in [5.74, 6) is -3.94. The van der Waals surface area contributed by atoms with Gasteiger partial charge in [0.05, 0.1) is 12.3 Å². The predicted octanol–water partition coefficient (Wildman–Crippen LogP) is 6.85. The normalized spacial score (nSPS) is 16.4. The quantitative estimate of drug-likeness (QED) is 0.134. The Hall–Kier alpha value is -4.60. The maximum Gasteiger partial charge on any atom is 0.426 e. The number of carbonyl (C=O) groups excluding carboxylic acids is 3. The van der Waals surface area contributed by atoms with Crippen molar-refractivity contribution in [1.82, 2.24) is 15.8 Å². The van der Waals surface area contributed by atoms with Crippen molar-refractivity contribution in [3.05, 3.63) is 78.5 Å². The molecule has 1 aliphatic heterocycles. The zero-order valence-corrected chi connectivity index (χ0v) is 26.6. The van der Waals surface area contributed by atoms with Crippen LogP contribution in [0.25, 0.3) is 0 Å². The number of alkyl halides is 6. The number of aromatic nitrogens is 1. The van der Waals surface area contributed by atoms with E-state index in [9.17, 15) is 40.7 Å². The number of nitrogens with one attached hydrogen (secondary N) is 3. The molecule has 0 saturated carbocycles. The molecule has 0 radical (unpaired) electrons. The second-order valence-electron chi connectivity index (χ2n) is 11.9. The molecule has 3 rings (SSSR count). The zero-order valence-electron chi connectivity index (χ0n) is 26.6. The molecule has 1 saturated heterocycles. The molecular formula is C32H37F6N5O5. The number of ether oxygens (including phenoxy) is 2. The van der Waals surface area contributed by atoms with Crippen molar-refractivity contribution in [2.45, 2.75) is 82.7 Å². The van der Waals surface area contributed by atoms with E-state index < -0.39 is 83.3 Å². The van der Waals surface area contributed by atoms with Crippen molar-refractivity contribution in [3.63, 3.8) is 0 Å². The molecule has 0 spiro atoms. The Balaban J connectivity index is 2.04. The first-order valence-electron chi connectivity index (χ1n) is 14.8. The largest absolute Gasteiger partial charge is 0.444 e. The molecule has 16 heteroatoms.